The van der Waals surface area contributed by atoms with Gasteiger partial charge in [-0.2, -0.15) is 0 Å². The molecule has 0 rings (SSSR count). The van der Waals surface area contributed by atoms with Gasteiger partial charge >= 0.3 is 5.97 Å². The SMILES string of the molecule is CCOC(=O)[C@H](C(C)C)C(C)(C)O. The minimum absolute atomic E-state index is 0.0825. The van der Waals surface area contributed by atoms with E-state index in [4.69, 9.17) is 4.74 Å². The summed E-state index contributed by atoms with van der Waals surface area (Å²) in [5, 5.41) is 9.74. The molecule has 78 valence electrons. The first kappa shape index (κ1) is 12.4. The third-order valence-corrected chi connectivity index (χ3v) is 1.97. The summed E-state index contributed by atoms with van der Waals surface area (Å²) in [6.45, 7) is 9.19. The minimum atomic E-state index is -1.01. The topological polar surface area (TPSA) is 46.5 Å². The summed E-state index contributed by atoms with van der Waals surface area (Å²) in [7, 11) is 0. The van der Waals surface area contributed by atoms with E-state index in [-0.39, 0.29) is 11.9 Å². The van der Waals surface area contributed by atoms with Crippen molar-refractivity contribution in [3.8, 4) is 0 Å². The van der Waals surface area contributed by atoms with Crippen molar-refractivity contribution in [3.63, 3.8) is 0 Å². The number of ether oxygens (including phenoxy) is 1. The van der Waals surface area contributed by atoms with E-state index in [1.54, 1.807) is 20.8 Å². The van der Waals surface area contributed by atoms with Crippen LogP contribution in [0.1, 0.15) is 34.6 Å². The lowest BCUT2D eigenvalue weighted by atomic mass is 9.82. The molecule has 0 aliphatic carbocycles. The molecule has 13 heavy (non-hydrogen) atoms. The molecule has 1 N–H and O–H groups in total. The standard InChI is InChI=1S/C10H20O3/c1-6-13-9(11)8(7(2)3)10(4,5)12/h7-8,12H,6H2,1-5H3/t8-/m0/s1. The Labute approximate surface area is 80.1 Å². The number of hydrogen-bond acceptors (Lipinski definition) is 3. The zero-order chi connectivity index (χ0) is 10.6. The Morgan fingerprint density at radius 1 is 1.46 bits per heavy atom. The van der Waals surface area contributed by atoms with Gasteiger partial charge in [-0.25, -0.2) is 0 Å². The van der Waals surface area contributed by atoms with E-state index in [0.717, 1.165) is 0 Å². The van der Waals surface area contributed by atoms with E-state index in [2.05, 4.69) is 0 Å². The summed E-state index contributed by atoms with van der Waals surface area (Å²) < 4.78 is 4.89. The molecular formula is C10H20O3. The number of rotatable bonds is 4. The first-order valence-corrected chi connectivity index (χ1v) is 4.69. The molecule has 0 saturated heterocycles. The van der Waals surface area contributed by atoms with Gasteiger partial charge in [0.25, 0.3) is 0 Å². The van der Waals surface area contributed by atoms with Crippen molar-refractivity contribution in [1.82, 2.24) is 0 Å². The fourth-order valence-electron chi connectivity index (χ4n) is 1.61. The van der Waals surface area contributed by atoms with Gasteiger partial charge in [0.1, 0.15) is 0 Å². The molecule has 3 heteroatoms. The monoisotopic (exact) mass is 188 g/mol. The van der Waals surface area contributed by atoms with E-state index < -0.39 is 11.5 Å². The Kier molecular flexibility index (Phi) is 4.40. The minimum Gasteiger partial charge on any atom is -0.466 e. The Balaban J connectivity index is 4.52. The van der Waals surface area contributed by atoms with Gasteiger partial charge in [-0.05, 0) is 26.7 Å². The quantitative estimate of drug-likeness (QED) is 0.681. The lowest BCUT2D eigenvalue weighted by Crippen LogP contribution is -2.41. The average Bonchev–Trinajstić information content (AvgIpc) is 1.82. The summed E-state index contributed by atoms with van der Waals surface area (Å²) in [5.41, 5.74) is -1.01. The Bertz CT molecular complexity index is 167. The maximum Gasteiger partial charge on any atom is 0.312 e. The van der Waals surface area contributed by atoms with Gasteiger partial charge in [0.15, 0.2) is 0 Å². The van der Waals surface area contributed by atoms with E-state index >= 15 is 0 Å². The van der Waals surface area contributed by atoms with Crippen molar-refractivity contribution >= 4 is 5.97 Å². The second-order valence-corrected chi connectivity index (χ2v) is 4.13. The molecule has 0 aromatic heterocycles. The van der Waals surface area contributed by atoms with Crippen LogP contribution in [0.15, 0.2) is 0 Å². The highest BCUT2D eigenvalue weighted by Gasteiger charge is 2.36. The third-order valence-electron chi connectivity index (χ3n) is 1.97. The zero-order valence-electron chi connectivity index (χ0n) is 9.13. The van der Waals surface area contributed by atoms with Crippen LogP contribution >= 0.6 is 0 Å². The maximum absolute atomic E-state index is 11.4. The number of aliphatic hydroxyl groups is 1. The van der Waals surface area contributed by atoms with Gasteiger partial charge in [-0.15, -0.1) is 0 Å². The van der Waals surface area contributed by atoms with Gasteiger partial charge in [-0.3, -0.25) is 4.79 Å². The normalized spacial score (nSPS) is 14.4. The van der Waals surface area contributed by atoms with Crippen LogP contribution in [0.5, 0.6) is 0 Å². The first-order valence-electron chi connectivity index (χ1n) is 4.69. The first-order chi connectivity index (χ1) is 5.80. The van der Waals surface area contributed by atoms with Crippen molar-refractivity contribution in [3.05, 3.63) is 0 Å². The number of hydrogen-bond donors (Lipinski definition) is 1. The molecule has 0 radical (unpaired) electrons. The highest BCUT2D eigenvalue weighted by Crippen LogP contribution is 2.25. The van der Waals surface area contributed by atoms with Gasteiger partial charge in [0.2, 0.25) is 0 Å². The largest absolute Gasteiger partial charge is 0.466 e. The van der Waals surface area contributed by atoms with E-state index in [1.807, 2.05) is 13.8 Å². The summed E-state index contributed by atoms with van der Waals surface area (Å²) in [6, 6.07) is 0. The number of esters is 1. The van der Waals surface area contributed by atoms with Crippen molar-refractivity contribution in [2.24, 2.45) is 11.8 Å². The lowest BCUT2D eigenvalue weighted by Gasteiger charge is -2.30. The lowest BCUT2D eigenvalue weighted by molar-refractivity contribution is -0.159. The van der Waals surface area contributed by atoms with Crippen LogP contribution < -0.4 is 0 Å². The van der Waals surface area contributed by atoms with Crippen molar-refractivity contribution in [1.29, 1.82) is 0 Å². The molecule has 0 aromatic carbocycles. The number of carbonyl (C=O) groups is 1. The van der Waals surface area contributed by atoms with E-state index in [9.17, 15) is 9.90 Å². The fraction of sp³-hybridized carbons (Fsp3) is 0.900. The zero-order valence-corrected chi connectivity index (χ0v) is 9.13. The van der Waals surface area contributed by atoms with Crippen molar-refractivity contribution < 1.29 is 14.6 Å². The highest BCUT2D eigenvalue weighted by molar-refractivity contribution is 5.74. The van der Waals surface area contributed by atoms with Gasteiger partial charge in [0.05, 0.1) is 18.1 Å². The maximum atomic E-state index is 11.4. The Morgan fingerprint density at radius 3 is 2.15 bits per heavy atom. The predicted molar refractivity (Wildman–Crippen MR) is 51.3 cm³/mol. The smallest absolute Gasteiger partial charge is 0.312 e. The summed E-state index contributed by atoms with van der Waals surface area (Å²) in [4.78, 5) is 11.4. The van der Waals surface area contributed by atoms with Gasteiger partial charge < -0.3 is 9.84 Å². The molecule has 0 fully saturated rings. The van der Waals surface area contributed by atoms with Crippen LogP contribution in [0.2, 0.25) is 0 Å². The van der Waals surface area contributed by atoms with E-state index in [0.29, 0.717) is 6.61 Å². The molecule has 0 aromatic rings. The van der Waals surface area contributed by atoms with Crippen molar-refractivity contribution in [2.75, 3.05) is 6.61 Å². The van der Waals surface area contributed by atoms with Crippen LogP contribution in [-0.2, 0) is 9.53 Å². The average molecular weight is 188 g/mol. The molecule has 0 heterocycles. The summed E-state index contributed by atoms with van der Waals surface area (Å²) in [6.07, 6.45) is 0. The summed E-state index contributed by atoms with van der Waals surface area (Å²) in [5.74, 6) is -0.684. The molecule has 0 unspecified atom stereocenters. The Hall–Kier alpha value is -0.570. The second-order valence-electron chi connectivity index (χ2n) is 4.13. The molecule has 1 atom stereocenters. The molecule has 0 aliphatic rings. The van der Waals surface area contributed by atoms with E-state index in [1.165, 1.54) is 0 Å². The number of carbonyl (C=O) groups excluding carboxylic acids is 1. The van der Waals surface area contributed by atoms with Crippen LogP contribution in [0.25, 0.3) is 0 Å². The van der Waals surface area contributed by atoms with Crippen molar-refractivity contribution in [2.45, 2.75) is 40.2 Å². The molecule has 0 aliphatic heterocycles. The predicted octanol–water partition coefficient (Wildman–Crippen LogP) is 1.59. The highest BCUT2D eigenvalue weighted by atomic mass is 16.5. The van der Waals surface area contributed by atoms with Crippen LogP contribution in [0, 0.1) is 11.8 Å². The second kappa shape index (κ2) is 4.61. The van der Waals surface area contributed by atoms with Gasteiger partial charge in [0, 0.05) is 0 Å². The molecule has 3 nitrogen and oxygen atoms in total. The Morgan fingerprint density at radius 2 is 1.92 bits per heavy atom. The molecular weight excluding hydrogens is 168 g/mol. The fourth-order valence-corrected chi connectivity index (χ4v) is 1.61. The molecule has 0 bridgehead atoms. The third kappa shape index (κ3) is 3.77. The van der Waals surface area contributed by atoms with Crippen LogP contribution in [0.3, 0.4) is 0 Å². The van der Waals surface area contributed by atoms with Crippen LogP contribution in [0.4, 0.5) is 0 Å². The van der Waals surface area contributed by atoms with Crippen LogP contribution in [-0.4, -0.2) is 23.3 Å². The van der Waals surface area contributed by atoms with Gasteiger partial charge in [-0.1, -0.05) is 13.8 Å². The molecule has 0 saturated carbocycles. The molecule has 0 spiro atoms. The molecule has 0 amide bonds. The summed E-state index contributed by atoms with van der Waals surface area (Å²) >= 11 is 0.